The molecule has 0 aromatic heterocycles. The van der Waals surface area contributed by atoms with Gasteiger partial charge in [0.1, 0.15) is 11.6 Å². The van der Waals surface area contributed by atoms with E-state index in [1.807, 2.05) is 38.4 Å². The summed E-state index contributed by atoms with van der Waals surface area (Å²) in [5.41, 5.74) is 0.922. The normalized spacial score (nSPS) is 10.2. The maximum absolute atomic E-state index is 7.94. The second kappa shape index (κ2) is 15.1. The molecule has 0 bridgehead atoms. The zero-order chi connectivity index (χ0) is 17.6. The standard InChI is InChI=1S/C21H36N2O.ClH/c1-4-5-6-7-8-9-10-11-12-13-18-24-20-16-14-19(15-17-20)21(22)23(2)3;/h14-17,22H,4-13,18H2,1-3H3;1H. The van der Waals surface area contributed by atoms with Gasteiger partial charge in [-0.05, 0) is 30.7 Å². The molecule has 4 heteroatoms. The molecule has 0 saturated carbocycles. The summed E-state index contributed by atoms with van der Waals surface area (Å²) in [6.45, 7) is 3.06. The molecule has 0 atom stereocenters. The van der Waals surface area contributed by atoms with Gasteiger partial charge in [0.2, 0.25) is 0 Å². The van der Waals surface area contributed by atoms with Crippen molar-refractivity contribution >= 4 is 18.2 Å². The van der Waals surface area contributed by atoms with Crippen molar-refractivity contribution in [3.63, 3.8) is 0 Å². The molecule has 0 saturated heterocycles. The zero-order valence-corrected chi connectivity index (χ0v) is 17.2. The lowest BCUT2D eigenvalue weighted by Crippen LogP contribution is -2.21. The minimum Gasteiger partial charge on any atom is -0.494 e. The number of nitrogens with zero attached hydrogens (tertiary/aromatic N) is 1. The van der Waals surface area contributed by atoms with Crippen LogP contribution in [0.4, 0.5) is 0 Å². The summed E-state index contributed by atoms with van der Waals surface area (Å²) in [6, 6.07) is 7.83. The predicted octanol–water partition coefficient (Wildman–Crippen LogP) is 6.30. The van der Waals surface area contributed by atoms with E-state index in [4.69, 9.17) is 10.1 Å². The largest absolute Gasteiger partial charge is 0.494 e. The van der Waals surface area contributed by atoms with Crippen LogP contribution in [-0.2, 0) is 0 Å². The van der Waals surface area contributed by atoms with E-state index in [1.54, 1.807) is 4.90 Å². The van der Waals surface area contributed by atoms with E-state index in [0.717, 1.165) is 24.3 Å². The van der Waals surface area contributed by atoms with Gasteiger partial charge in [-0.1, -0.05) is 64.7 Å². The van der Waals surface area contributed by atoms with Crippen molar-refractivity contribution < 1.29 is 4.74 Å². The van der Waals surface area contributed by atoms with Crippen LogP contribution in [0, 0.1) is 5.41 Å². The molecule has 0 fully saturated rings. The third-order valence-electron chi connectivity index (χ3n) is 4.34. The first-order chi connectivity index (χ1) is 11.6. The van der Waals surface area contributed by atoms with Gasteiger partial charge in [-0.25, -0.2) is 0 Å². The minimum absolute atomic E-state index is 0. The van der Waals surface area contributed by atoms with Gasteiger partial charge in [0.05, 0.1) is 6.61 Å². The Morgan fingerprint density at radius 3 is 1.80 bits per heavy atom. The number of halogens is 1. The summed E-state index contributed by atoms with van der Waals surface area (Å²) in [5, 5.41) is 7.94. The second-order valence-corrected chi connectivity index (χ2v) is 6.80. The molecular formula is C21H37ClN2O. The van der Waals surface area contributed by atoms with E-state index in [0.29, 0.717) is 5.84 Å². The van der Waals surface area contributed by atoms with Crippen LogP contribution >= 0.6 is 12.4 Å². The molecule has 0 aliphatic heterocycles. The highest BCUT2D eigenvalue weighted by molar-refractivity contribution is 5.96. The lowest BCUT2D eigenvalue weighted by Gasteiger charge is -2.14. The van der Waals surface area contributed by atoms with Crippen molar-refractivity contribution in [3.05, 3.63) is 29.8 Å². The van der Waals surface area contributed by atoms with E-state index >= 15 is 0 Å². The first-order valence-electron chi connectivity index (χ1n) is 9.64. The van der Waals surface area contributed by atoms with Crippen molar-refractivity contribution in [2.75, 3.05) is 20.7 Å². The molecule has 3 nitrogen and oxygen atoms in total. The van der Waals surface area contributed by atoms with Gasteiger partial charge >= 0.3 is 0 Å². The first kappa shape index (κ1) is 23.8. The lowest BCUT2D eigenvalue weighted by atomic mass is 10.1. The monoisotopic (exact) mass is 368 g/mol. The van der Waals surface area contributed by atoms with Crippen molar-refractivity contribution in [3.8, 4) is 5.75 Å². The van der Waals surface area contributed by atoms with Crippen molar-refractivity contribution in [1.29, 1.82) is 5.41 Å². The van der Waals surface area contributed by atoms with E-state index in [9.17, 15) is 0 Å². The Kier molecular flexibility index (Phi) is 14.3. The van der Waals surface area contributed by atoms with Crippen molar-refractivity contribution in [2.24, 2.45) is 0 Å². The molecule has 144 valence electrons. The number of nitrogens with one attached hydrogen (secondary N) is 1. The lowest BCUT2D eigenvalue weighted by molar-refractivity contribution is 0.304. The van der Waals surface area contributed by atoms with Crippen LogP contribution in [0.5, 0.6) is 5.75 Å². The quantitative estimate of drug-likeness (QED) is 0.252. The number of rotatable bonds is 13. The Morgan fingerprint density at radius 2 is 1.32 bits per heavy atom. The molecule has 0 aliphatic rings. The van der Waals surface area contributed by atoms with Gasteiger partial charge in [0, 0.05) is 19.7 Å². The average molecular weight is 369 g/mol. The van der Waals surface area contributed by atoms with Gasteiger partial charge < -0.3 is 9.64 Å². The topological polar surface area (TPSA) is 36.3 Å². The Balaban J connectivity index is 0.00000576. The minimum atomic E-state index is 0. The Hall–Kier alpha value is -1.22. The summed E-state index contributed by atoms with van der Waals surface area (Å²) in [6.07, 6.45) is 13.5. The summed E-state index contributed by atoms with van der Waals surface area (Å²) in [4.78, 5) is 1.81. The van der Waals surface area contributed by atoms with Gasteiger partial charge in [-0.15, -0.1) is 12.4 Å². The summed E-state index contributed by atoms with van der Waals surface area (Å²) < 4.78 is 5.79. The van der Waals surface area contributed by atoms with Crippen LogP contribution in [0.1, 0.15) is 76.7 Å². The van der Waals surface area contributed by atoms with Crippen molar-refractivity contribution in [2.45, 2.75) is 71.1 Å². The van der Waals surface area contributed by atoms with Crippen LogP contribution < -0.4 is 4.74 Å². The molecule has 0 amide bonds. The van der Waals surface area contributed by atoms with Crippen molar-refractivity contribution in [1.82, 2.24) is 4.90 Å². The second-order valence-electron chi connectivity index (χ2n) is 6.80. The highest BCUT2D eigenvalue weighted by atomic mass is 35.5. The zero-order valence-electron chi connectivity index (χ0n) is 16.4. The van der Waals surface area contributed by atoms with Gasteiger partial charge in [0.25, 0.3) is 0 Å². The third kappa shape index (κ3) is 11.1. The van der Waals surface area contributed by atoms with Crippen LogP contribution in [0.15, 0.2) is 24.3 Å². The van der Waals surface area contributed by atoms with E-state index in [1.165, 1.54) is 57.8 Å². The van der Waals surface area contributed by atoms with Crippen LogP contribution in [0.3, 0.4) is 0 Å². The number of unbranched alkanes of at least 4 members (excludes halogenated alkanes) is 9. The van der Waals surface area contributed by atoms with E-state index < -0.39 is 0 Å². The van der Waals surface area contributed by atoms with Gasteiger partial charge in [-0.2, -0.15) is 0 Å². The van der Waals surface area contributed by atoms with Gasteiger partial charge in [-0.3, -0.25) is 5.41 Å². The molecule has 1 aromatic carbocycles. The van der Waals surface area contributed by atoms with E-state index in [-0.39, 0.29) is 12.4 Å². The number of amidine groups is 1. The molecule has 0 radical (unpaired) electrons. The fraction of sp³-hybridized carbons (Fsp3) is 0.667. The molecule has 1 rings (SSSR count). The summed E-state index contributed by atoms with van der Waals surface area (Å²) >= 11 is 0. The highest BCUT2D eigenvalue weighted by Gasteiger charge is 2.03. The van der Waals surface area contributed by atoms with Gasteiger partial charge in [0.15, 0.2) is 0 Å². The number of hydrogen-bond donors (Lipinski definition) is 1. The molecule has 1 aromatic rings. The Labute approximate surface area is 161 Å². The maximum atomic E-state index is 7.94. The number of benzene rings is 1. The summed E-state index contributed by atoms with van der Waals surface area (Å²) in [5.74, 6) is 1.43. The van der Waals surface area contributed by atoms with Crippen LogP contribution in [-0.4, -0.2) is 31.4 Å². The molecule has 0 unspecified atom stereocenters. The van der Waals surface area contributed by atoms with Crippen LogP contribution in [0.2, 0.25) is 0 Å². The molecular weight excluding hydrogens is 332 g/mol. The molecule has 0 spiro atoms. The highest BCUT2D eigenvalue weighted by Crippen LogP contribution is 2.14. The predicted molar refractivity (Wildman–Crippen MR) is 112 cm³/mol. The Morgan fingerprint density at radius 1 is 0.840 bits per heavy atom. The molecule has 25 heavy (non-hydrogen) atoms. The fourth-order valence-electron chi connectivity index (χ4n) is 2.75. The van der Waals surface area contributed by atoms with Crippen LogP contribution in [0.25, 0.3) is 0 Å². The third-order valence-corrected chi connectivity index (χ3v) is 4.34. The summed E-state index contributed by atoms with van der Waals surface area (Å²) in [7, 11) is 3.77. The maximum Gasteiger partial charge on any atom is 0.127 e. The average Bonchev–Trinajstić information content (AvgIpc) is 2.59. The Bertz CT molecular complexity index is 446. The number of ether oxygens (including phenoxy) is 1. The SMILES string of the molecule is CCCCCCCCCCCCOc1ccc(C(=N)N(C)C)cc1.Cl. The molecule has 0 heterocycles. The number of hydrogen-bond acceptors (Lipinski definition) is 2. The molecule has 1 N–H and O–H groups in total. The molecule has 0 aliphatic carbocycles. The van der Waals surface area contributed by atoms with E-state index in [2.05, 4.69) is 6.92 Å². The fourth-order valence-corrected chi connectivity index (χ4v) is 2.75. The first-order valence-corrected chi connectivity index (χ1v) is 9.64. The smallest absolute Gasteiger partial charge is 0.127 e.